The lowest BCUT2D eigenvalue weighted by atomic mass is 10.2. The quantitative estimate of drug-likeness (QED) is 0.856. The highest BCUT2D eigenvalue weighted by Crippen LogP contribution is 2.22. The maximum absolute atomic E-state index is 10.7. The molecule has 0 fully saturated rings. The smallest absolute Gasteiger partial charge is 0.337 e. The summed E-state index contributed by atoms with van der Waals surface area (Å²) >= 11 is 1.63. The zero-order valence-electron chi connectivity index (χ0n) is 10.1. The molecule has 0 saturated heterocycles. The zero-order valence-corrected chi connectivity index (χ0v) is 10.9. The molecule has 0 aliphatic rings. The van der Waals surface area contributed by atoms with E-state index in [4.69, 9.17) is 5.11 Å². The molecule has 6 heteroatoms. The molecule has 0 atom stereocenters. The lowest BCUT2D eigenvalue weighted by Gasteiger charge is -2.02. The van der Waals surface area contributed by atoms with Crippen LogP contribution in [0.4, 0.5) is 0 Å². The molecule has 18 heavy (non-hydrogen) atoms. The first-order chi connectivity index (χ1) is 8.56. The van der Waals surface area contributed by atoms with Crippen LogP contribution in [0.15, 0.2) is 29.4 Å². The van der Waals surface area contributed by atoms with Crippen molar-refractivity contribution in [2.24, 2.45) is 7.05 Å². The Hall–Kier alpha value is -1.82. The molecule has 1 N–H and O–H groups in total. The standard InChI is InChI=1S/C12H13N3O2S/c1-8-5-11(15(2)14-8)18-7-10-4-3-9(6-13-10)12(16)17/h3-6H,7H2,1-2H3,(H,16,17). The number of thioether (sulfide) groups is 1. The second kappa shape index (κ2) is 5.22. The van der Waals surface area contributed by atoms with Gasteiger partial charge < -0.3 is 5.11 Å². The van der Waals surface area contributed by atoms with Crippen molar-refractivity contribution in [1.29, 1.82) is 0 Å². The molecule has 2 aromatic heterocycles. The van der Waals surface area contributed by atoms with Crippen LogP contribution in [0.2, 0.25) is 0 Å². The summed E-state index contributed by atoms with van der Waals surface area (Å²) in [6.45, 7) is 1.95. The number of pyridine rings is 1. The maximum atomic E-state index is 10.7. The van der Waals surface area contributed by atoms with Crippen LogP contribution in [0.5, 0.6) is 0 Å². The molecule has 2 rings (SSSR count). The molecule has 5 nitrogen and oxygen atoms in total. The monoisotopic (exact) mass is 263 g/mol. The number of hydrogen-bond donors (Lipinski definition) is 1. The van der Waals surface area contributed by atoms with Crippen LogP contribution in [0.25, 0.3) is 0 Å². The Morgan fingerprint density at radius 2 is 2.28 bits per heavy atom. The summed E-state index contributed by atoms with van der Waals surface area (Å²) < 4.78 is 1.83. The van der Waals surface area contributed by atoms with E-state index in [1.165, 1.54) is 6.20 Å². The summed E-state index contributed by atoms with van der Waals surface area (Å²) in [6, 6.07) is 5.32. The van der Waals surface area contributed by atoms with Gasteiger partial charge in [-0.3, -0.25) is 9.67 Å². The fraction of sp³-hybridized carbons (Fsp3) is 0.250. The largest absolute Gasteiger partial charge is 0.478 e. The van der Waals surface area contributed by atoms with E-state index in [9.17, 15) is 4.79 Å². The second-order valence-corrected chi connectivity index (χ2v) is 4.88. The predicted octanol–water partition coefficient (Wildman–Crippen LogP) is 2.11. The van der Waals surface area contributed by atoms with E-state index in [2.05, 4.69) is 10.1 Å². The van der Waals surface area contributed by atoms with Gasteiger partial charge in [0.25, 0.3) is 0 Å². The summed E-state index contributed by atoms with van der Waals surface area (Å²) in [5.41, 5.74) is 2.04. The molecule has 0 aliphatic heterocycles. The number of nitrogens with zero attached hydrogens (tertiary/aromatic N) is 3. The number of aromatic carboxylic acids is 1. The van der Waals surface area contributed by atoms with Gasteiger partial charge in [0.05, 0.1) is 22.0 Å². The third-order valence-electron chi connectivity index (χ3n) is 2.40. The van der Waals surface area contributed by atoms with Crippen molar-refractivity contribution in [3.05, 3.63) is 41.3 Å². The van der Waals surface area contributed by atoms with Crippen molar-refractivity contribution in [2.45, 2.75) is 17.7 Å². The first kappa shape index (κ1) is 12.6. The number of carboxylic acids is 1. The van der Waals surface area contributed by atoms with Crippen LogP contribution in [-0.2, 0) is 12.8 Å². The van der Waals surface area contributed by atoms with Crippen LogP contribution in [-0.4, -0.2) is 25.8 Å². The fourth-order valence-corrected chi connectivity index (χ4v) is 2.45. The summed E-state index contributed by atoms with van der Waals surface area (Å²) in [4.78, 5) is 14.8. The molecule has 0 bridgehead atoms. The summed E-state index contributed by atoms with van der Waals surface area (Å²) in [5, 5.41) is 14.1. The van der Waals surface area contributed by atoms with Gasteiger partial charge in [-0.2, -0.15) is 5.10 Å². The van der Waals surface area contributed by atoms with Crippen LogP contribution in [0, 0.1) is 6.92 Å². The third kappa shape index (κ3) is 2.89. The molecule has 0 saturated carbocycles. The van der Waals surface area contributed by atoms with Crippen molar-refractivity contribution in [3.63, 3.8) is 0 Å². The first-order valence-electron chi connectivity index (χ1n) is 5.38. The molecule has 94 valence electrons. The van der Waals surface area contributed by atoms with Gasteiger partial charge in [-0.15, -0.1) is 11.8 Å². The van der Waals surface area contributed by atoms with Crippen LogP contribution < -0.4 is 0 Å². The van der Waals surface area contributed by atoms with Gasteiger partial charge in [0, 0.05) is 19.0 Å². The van der Waals surface area contributed by atoms with Gasteiger partial charge in [0.2, 0.25) is 0 Å². The lowest BCUT2D eigenvalue weighted by molar-refractivity contribution is 0.0696. The number of aromatic nitrogens is 3. The zero-order chi connectivity index (χ0) is 13.1. The Balaban J connectivity index is 2.02. The molecule has 0 aliphatic carbocycles. The van der Waals surface area contributed by atoms with E-state index in [1.54, 1.807) is 23.9 Å². The molecule has 0 unspecified atom stereocenters. The van der Waals surface area contributed by atoms with Crippen molar-refractivity contribution < 1.29 is 9.90 Å². The topological polar surface area (TPSA) is 68.0 Å². The van der Waals surface area contributed by atoms with Crippen molar-refractivity contribution in [2.75, 3.05) is 0 Å². The fourth-order valence-electron chi connectivity index (χ4n) is 1.51. The number of rotatable bonds is 4. The van der Waals surface area contributed by atoms with E-state index < -0.39 is 5.97 Å². The highest BCUT2D eigenvalue weighted by molar-refractivity contribution is 7.98. The van der Waals surface area contributed by atoms with Gasteiger partial charge in [-0.05, 0) is 25.1 Å². The molecule has 0 radical (unpaired) electrons. The normalized spacial score (nSPS) is 10.6. The van der Waals surface area contributed by atoms with E-state index in [1.807, 2.05) is 24.7 Å². The Labute approximate surface area is 109 Å². The highest BCUT2D eigenvalue weighted by atomic mass is 32.2. The van der Waals surface area contributed by atoms with E-state index in [-0.39, 0.29) is 5.56 Å². The van der Waals surface area contributed by atoms with E-state index in [0.717, 1.165) is 16.4 Å². The number of hydrogen-bond acceptors (Lipinski definition) is 4. The van der Waals surface area contributed by atoms with E-state index in [0.29, 0.717) is 5.75 Å². The molecular weight excluding hydrogens is 250 g/mol. The SMILES string of the molecule is Cc1cc(SCc2ccc(C(=O)O)cn2)n(C)n1. The van der Waals surface area contributed by atoms with Gasteiger partial charge >= 0.3 is 5.97 Å². The van der Waals surface area contributed by atoms with Crippen molar-refractivity contribution >= 4 is 17.7 Å². The number of aryl methyl sites for hydroxylation is 2. The molecule has 2 heterocycles. The van der Waals surface area contributed by atoms with Crippen molar-refractivity contribution in [3.8, 4) is 0 Å². The maximum Gasteiger partial charge on any atom is 0.337 e. The molecular formula is C12H13N3O2S. The second-order valence-electron chi connectivity index (χ2n) is 3.88. The minimum atomic E-state index is -0.955. The van der Waals surface area contributed by atoms with Crippen LogP contribution in [0.3, 0.4) is 0 Å². The third-order valence-corrected chi connectivity index (χ3v) is 3.52. The number of carbonyl (C=O) groups is 1. The first-order valence-corrected chi connectivity index (χ1v) is 6.36. The molecule has 0 spiro atoms. The van der Waals surface area contributed by atoms with Gasteiger partial charge in [0.15, 0.2) is 0 Å². The van der Waals surface area contributed by atoms with Crippen LogP contribution >= 0.6 is 11.8 Å². The van der Waals surface area contributed by atoms with Crippen molar-refractivity contribution in [1.82, 2.24) is 14.8 Å². The summed E-state index contributed by atoms with van der Waals surface area (Å²) in [5.74, 6) is -0.261. The minimum absolute atomic E-state index is 0.208. The van der Waals surface area contributed by atoms with Crippen LogP contribution in [0.1, 0.15) is 21.7 Å². The summed E-state index contributed by atoms with van der Waals surface area (Å²) in [7, 11) is 1.90. The van der Waals surface area contributed by atoms with Gasteiger partial charge in [0.1, 0.15) is 0 Å². The molecule has 0 amide bonds. The minimum Gasteiger partial charge on any atom is -0.478 e. The Morgan fingerprint density at radius 1 is 1.50 bits per heavy atom. The van der Waals surface area contributed by atoms with E-state index >= 15 is 0 Å². The molecule has 2 aromatic rings. The Morgan fingerprint density at radius 3 is 2.78 bits per heavy atom. The predicted molar refractivity (Wildman–Crippen MR) is 68.7 cm³/mol. The Bertz CT molecular complexity index is 563. The average Bonchev–Trinajstić information content (AvgIpc) is 2.66. The van der Waals surface area contributed by atoms with Gasteiger partial charge in [-0.1, -0.05) is 0 Å². The Kier molecular flexibility index (Phi) is 3.66. The number of carboxylic acid groups (broad SMARTS) is 1. The highest BCUT2D eigenvalue weighted by Gasteiger charge is 2.06. The molecule has 0 aromatic carbocycles. The average molecular weight is 263 g/mol. The lowest BCUT2D eigenvalue weighted by Crippen LogP contribution is -1.98. The van der Waals surface area contributed by atoms with Gasteiger partial charge in [-0.25, -0.2) is 4.79 Å². The summed E-state index contributed by atoms with van der Waals surface area (Å²) in [6.07, 6.45) is 1.38.